The van der Waals surface area contributed by atoms with Gasteiger partial charge in [0.05, 0.1) is 7.11 Å². The zero-order chi connectivity index (χ0) is 15.2. The third kappa shape index (κ3) is 3.88. The van der Waals surface area contributed by atoms with E-state index >= 15 is 0 Å². The monoisotopic (exact) mass is 292 g/mol. The van der Waals surface area contributed by atoms with Crippen LogP contribution in [0.2, 0.25) is 0 Å². The number of nitrogens with one attached hydrogen (secondary N) is 2. The summed E-state index contributed by atoms with van der Waals surface area (Å²) in [6.45, 7) is 3.82. The highest BCUT2D eigenvalue weighted by molar-refractivity contribution is 5.94. The number of aromatic hydroxyl groups is 1. The number of carbonyl (C=O) groups excluding carboxylic acids is 1. The van der Waals surface area contributed by atoms with Crippen LogP contribution < -0.4 is 15.4 Å². The van der Waals surface area contributed by atoms with Gasteiger partial charge in [0.2, 0.25) is 0 Å². The number of amides is 1. The fraction of sp³-hybridized carbons (Fsp3) is 0.562. The van der Waals surface area contributed by atoms with Gasteiger partial charge in [0.15, 0.2) is 11.5 Å². The number of phenols is 1. The zero-order valence-electron chi connectivity index (χ0n) is 12.7. The highest BCUT2D eigenvalue weighted by atomic mass is 16.5. The molecule has 2 atom stereocenters. The Morgan fingerprint density at radius 2 is 2.33 bits per heavy atom. The Morgan fingerprint density at radius 3 is 3.00 bits per heavy atom. The van der Waals surface area contributed by atoms with E-state index in [1.807, 2.05) is 0 Å². The van der Waals surface area contributed by atoms with Gasteiger partial charge in [0.1, 0.15) is 0 Å². The maximum Gasteiger partial charge on any atom is 0.251 e. The maximum absolute atomic E-state index is 12.1. The standard InChI is InChI=1S/C16H24N2O3/c1-3-11-5-4-8-17-13(11)10-18-16(20)12-6-7-15(21-2)14(19)9-12/h6-7,9,11,13,17,19H,3-5,8,10H2,1-2H3,(H,18,20). The van der Waals surface area contributed by atoms with Gasteiger partial charge >= 0.3 is 0 Å². The van der Waals surface area contributed by atoms with E-state index in [0.29, 0.717) is 29.8 Å². The van der Waals surface area contributed by atoms with E-state index < -0.39 is 0 Å². The SMILES string of the molecule is CCC1CCCNC1CNC(=O)c1ccc(OC)c(O)c1. The van der Waals surface area contributed by atoms with Gasteiger partial charge < -0.3 is 20.5 Å². The third-order valence-corrected chi connectivity index (χ3v) is 4.18. The van der Waals surface area contributed by atoms with Crippen LogP contribution in [-0.2, 0) is 0 Å². The number of benzene rings is 1. The van der Waals surface area contributed by atoms with Gasteiger partial charge in [0.25, 0.3) is 5.91 Å². The van der Waals surface area contributed by atoms with Crippen LogP contribution in [0, 0.1) is 5.92 Å². The van der Waals surface area contributed by atoms with Gasteiger partial charge in [-0.25, -0.2) is 0 Å². The third-order valence-electron chi connectivity index (χ3n) is 4.18. The van der Waals surface area contributed by atoms with E-state index in [2.05, 4.69) is 17.6 Å². The van der Waals surface area contributed by atoms with Crippen molar-refractivity contribution in [3.05, 3.63) is 23.8 Å². The summed E-state index contributed by atoms with van der Waals surface area (Å²) in [6.07, 6.45) is 3.54. The molecule has 0 saturated carbocycles. The Bertz CT molecular complexity index is 490. The van der Waals surface area contributed by atoms with Crippen molar-refractivity contribution in [1.82, 2.24) is 10.6 Å². The van der Waals surface area contributed by atoms with Crippen molar-refractivity contribution in [2.24, 2.45) is 5.92 Å². The Labute approximate surface area is 125 Å². The lowest BCUT2D eigenvalue weighted by Crippen LogP contribution is -2.48. The summed E-state index contributed by atoms with van der Waals surface area (Å²) >= 11 is 0. The number of piperidine rings is 1. The van der Waals surface area contributed by atoms with Crippen LogP contribution in [0.25, 0.3) is 0 Å². The van der Waals surface area contributed by atoms with Crippen LogP contribution >= 0.6 is 0 Å². The number of methoxy groups -OCH3 is 1. The minimum absolute atomic E-state index is 0.0209. The second kappa shape index (κ2) is 7.31. The zero-order valence-corrected chi connectivity index (χ0v) is 12.7. The van der Waals surface area contributed by atoms with Crippen molar-refractivity contribution in [2.75, 3.05) is 20.2 Å². The largest absolute Gasteiger partial charge is 0.504 e. The molecule has 2 rings (SSSR count). The molecule has 0 bridgehead atoms. The number of phenolic OH excluding ortho intramolecular Hbond substituents is 1. The Morgan fingerprint density at radius 1 is 1.52 bits per heavy atom. The molecule has 0 aromatic heterocycles. The molecule has 1 heterocycles. The van der Waals surface area contributed by atoms with Crippen LogP contribution in [0.15, 0.2) is 18.2 Å². The molecule has 0 radical (unpaired) electrons. The lowest BCUT2D eigenvalue weighted by atomic mass is 9.88. The highest BCUT2D eigenvalue weighted by Gasteiger charge is 2.23. The van der Waals surface area contributed by atoms with Gasteiger partial charge in [0, 0.05) is 18.2 Å². The Kier molecular flexibility index (Phi) is 5.44. The fourth-order valence-corrected chi connectivity index (χ4v) is 2.88. The molecule has 1 aliphatic rings. The molecule has 2 unspecified atom stereocenters. The summed E-state index contributed by atoms with van der Waals surface area (Å²) in [5.41, 5.74) is 0.442. The smallest absolute Gasteiger partial charge is 0.251 e. The van der Waals surface area contributed by atoms with Crippen molar-refractivity contribution >= 4 is 5.91 Å². The summed E-state index contributed by atoms with van der Waals surface area (Å²) in [4.78, 5) is 12.1. The highest BCUT2D eigenvalue weighted by Crippen LogP contribution is 2.26. The number of rotatable bonds is 5. The van der Waals surface area contributed by atoms with Gasteiger partial charge in [-0.2, -0.15) is 0 Å². The van der Waals surface area contributed by atoms with E-state index in [4.69, 9.17) is 4.74 Å². The Balaban J connectivity index is 1.93. The number of ether oxygens (including phenoxy) is 1. The van der Waals surface area contributed by atoms with E-state index in [0.717, 1.165) is 13.0 Å². The van der Waals surface area contributed by atoms with Gasteiger partial charge in [-0.3, -0.25) is 4.79 Å². The van der Waals surface area contributed by atoms with Gasteiger partial charge in [-0.15, -0.1) is 0 Å². The summed E-state index contributed by atoms with van der Waals surface area (Å²) in [6, 6.07) is 5.01. The molecule has 5 nitrogen and oxygen atoms in total. The lowest BCUT2D eigenvalue weighted by Gasteiger charge is -2.32. The van der Waals surface area contributed by atoms with Crippen LogP contribution in [0.4, 0.5) is 0 Å². The van der Waals surface area contributed by atoms with E-state index in [-0.39, 0.29) is 11.7 Å². The summed E-state index contributed by atoms with van der Waals surface area (Å²) in [5, 5.41) is 16.1. The minimum atomic E-state index is -0.171. The van der Waals surface area contributed by atoms with E-state index in [9.17, 15) is 9.90 Å². The summed E-state index contributed by atoms with van der Waals surface area (Å²) in [5.74, 6) is 0.789. The van der Waals surface area contributed by atoms with Crippen molar-refractivity contribution in [1.29, 1.82) is 0 Å². The van der Waals surface area contributed by atoms with Crippen molar-refractivity contribution in [2.45, 2.75) is 32.2 Å². The second-order valence-electron chi connectivity index (χ2n) is 5.47. The average molecular weight is 292 g/mol. The summed E-state index contributed by atoms with van der Waals surface area (Å²) < 4.78 is 4.97. The number of carbonyl (C=O) groups is 1. The topological polar surface area (TPSA) is 70.6 Å². The molecule has 5 heteroatoms. The minimum Gasteiger partial charge on any atom is -0.504 e. The molecule has 1 aromatic carbocycles. The first-order valence-electron chi connectivity index (χ1n) is 7.54. The molecular weight excluding hydrogens is 268 g/mol. The predicted octanol–water partition coefficient (Wildman–Crippen LogP) is 1.91. The molecule has 21 heavy (non-hydrogen) atoms. The molecule has 1 aromatic rings. The van der Waals surface area contributed by atoms with Gasteiger partial charge in [-0.05, 0) is 43.5 Å². The molecule has 0 spiro atoms. The second-order valence-corrected chi connectivity index (χ2v) is 5.47. The fourth-order valence-electron chi connectivity index (χ4n) is 2.88. The average Bonchev–Trinajstić information content (AvgIpc) is 2.52. The van der Waals surface area contributed by atoms with E-state index in [1.54, 1.807) is 12.1 Å². The Hall–Kier alpha value is -1.75. The first kappa shape index (κ1) is 15.6. The lowest BCUT2D eigenvalue weighted by molar-refractivity contribution is 0.0941. The van der Waals surface area contributed by atoms with Crippen LogP contribution in [-0.4, -0.2) is 37.3 Å². The molecule has 1 aliphatic heterocycles. The molecule has 1 fully saturated rings. The predicted molar refractivity (Wildman–Crippen MR) is 81.8 cm³/mol. The molecule has 116 valence electrons. The molecular formula is C16H24N2O3. The molecule has 1 amide bonds. The van der Waals surface area contributed by atoms with E-state index in [1.165, 1.54) is 26.0 Å². The molecule has 1 saturated heterocycles. The maximum atomic E-state index is 12.1. The van der Waals surface area contributed by atoms with Gasteiger partial charge in [-0.1, -0.05) is 13.3 Å². The van der Waals surface area contributed by atoms with Crippen LogP contribution in [0.5, 0.6) is 11.5 Å². The van der Waals surface area contributed by atoms with Crippen LogP contribution in [0.3, 0.4) is 0 Å². The van der Waals surface area contributed by atoms with Crippen LogP contribution in [0.1, 0.15) is 36.5 Å². The normalized spacial score (nSPS) is 21.8. The van der Waals surface area contributed by atoms with Crippen molar-refractivity contribution in [3.8, 4) is 11.5 Å². The first-order valence-corrected chi connectivity index (χ1v) is 7.54. The molecule has 0 aliphatic carbocycles. The quantitative estimate of drug-likeness (QED) is 0.775. The number of hydrogen-bond acceptors (Lipinski definition) is 4. The van der Waals surface area contributed by atoms with Crippen molar-refractivity contribution in [3.63, 3.8) is 0 Å². The summed E-state index contributed by atoms with van der Waals surface area (Å²) in [7, 11) is 1.48. The first-order chi connectivity index (χ1) is 10.2. The van der Waals surface area contributed by atoms with Crippen molar-refractivity contribution < 1.29 is 14.6 Å². The molecule has 3 N–H and O–H groups in total. The number of hydrogen-bond donors (Lipinski definition) is 3.